The molecule has 0 bridgehead atoms. The average Bonchev–Trinajstić information content (AvgIpc) is 2.64. The highest BCUT2D eigenvalue weighted by atomic mass is 16.1. The van der Waals surface area contributed by atoms with Gasteiger partial charge in [-0.05, 0) is 79.1 Å². The van der Waals surface area contributed by atoms with Crippen LogP contribution in [0.15, 0.2) is 18.2 Å². The lowest BCUT2D eigenvalue weighted by atomic mass is 9.49. The van der Waals surface area contributed by atoms with Crippen LogP contribution < -0.4 is 5.32 Å². The molecule has 3 nitrogen and oxygen atoms in total. The van der Waals surface area contributed by atoms with E-state index < -0.39 is 0 Å². The Labute approximate surface area is 172 Å². The van der Waals surface area contributed by atoms with Gasteiger partial charge in [0, 0.05) is 19.5 Å². The van der Waals surface area contributed by atoms with Gasteiger partial charge in [-0.2, -0.15) is 0 Å². The van der Waals surface area contributed by atoms with Gasteiger partial charge in [-0.3, -0.25) is 4.79 Å². The second-order valence-electron chi connectivity index (χ2n) is 10.4. The summed E-state index contributed by atoms with van der Waals surface area (Å²) >= 11 is 0. The van der Waals surface area contributed by atoms with Crippen molar-refractivity contribution in [3.05, 3.63) is 34.9 Å². The normalized spacial score (nSPS) is 29.5. The summed E-state index contributed by atoms with van der Waals surface area (Å²) in [6.07, 6.45) is 6.76. The average molecular weight is 385 g/mol. The van der Waals surface area contributed by atoms with E-state index in [0.29, 0.717) is 18.3 Å². The summed E-state index contributed by atoms with van der Waals surface area (Å²) in [4.78, 5) is 14.4. The van der Waals surface area contributed by atoms with E-state index in [-0.39, 0.29) is 16.7 Å². The van der Waals surface area contributed by atoms with Crippen molar-refractivity contribution in [1.82, 2.24) is 10.2 Å². The van der Waals surface area contributed by atoms with Gasteiger partial charge in [0.15, 0.2) is 0 Å². The molecule has 28 heavy (non-hydrogen) atoms. The molecule has 2 aliphatic carbocycles. The molecule has 0 heterocycles. The van der Waals surface area contributed by atoms with Crippen molar-refractivity contribution >= 4 is 5.91 Å². The molecule has 0 radical (unpaired) electrons. The Morgan fingerprint density at radius 3 is 2.68 bits per heavy atom. The molecule has 0 aromatic heterocycles. The summed E-state index contributed by atoms with van der Waals surface area (Å²) < 4.78 is 0. The number of fused-ring (bicyclic) bond motifs is 3. The van der Waals surface area contributed by atoms with Crippen LogP contribution in [0.4, 0.5) is 0 Å². The van der Waals surface area contributed by atoms with E-state index >= 15 is 0 Å². The third kappa shape index (κ3) is 4.15. The first kappa shape index (κ1) is 21.4. The van der Waals surface area contributed by atoms with E-state index in [2.05, 4.69) is 56.1 Å². The minimum Gasteiger partial charge on any atom is -0.356 e. The molecule has 2 aliphatic rings. The Morgan fingerprint density at radius 1 is 1.25 bits per heavy atom. The van der Waals surface area contributed by atoms with Crippen LogP contribution in [0.25, 0.3) is 0 Å². The van der Waals surface area contributed by atoms with E-state index in [1.54, 1.807) is 11.1 Å². The quantitative estimate of drug-likeness (QED) is 0.757. The smallest absolute Gasteiger partial charge is 0.221 e. The highest BCUT2D eigenvalue weighted by Crippen LogP contribution is 2.57. The molecule has 3 atom stereocenters. The molecule has 1 fully saturated rings. The molecular formula is C25H40N2O. The predicted octanol–water partition coefficient (Wildman–Crippen LogP) is 4.89. The van der Waals surface area contributed by atoms with Crippen molar-refractivity contribution in [3.8, 4) is 0 Å². The summed E-state index contributed by atoms with van der Waals surface area (Å²) in [6.45, 7) is 11.1. The summed E-state index contributed by atoms with van der Waals surface area (Å²) in [6, 6.07) is 7.25. The zero-order valence-corrected chi connectivity index (χ0v) is 18.9. The van der Waals surface area contributed by atoms with Gasteiger partial charge < -0.3 is 10.2 Å². The second kappa shape index (κ2) is 8.18. The topological polar surface area (TPSA) is 32.3 Å². The molecule has 0 aliphatic heterocycles. The van der Waals surface area contributed by atoms with Crippen LogP contribution in [0.1, 0.15) is 82.4 Å². The molecule has 0 saturated heterocycles. The molecule has 3 heteroatoms. The third-order valence-corrected chi connectivity index (χ3v) is 7.64. The van der Waals surface area contributed by atoms with Crippen molar-refractivity contribution in [2.75, 3.05) is 27.2 Å². The zero-order chi connectivity index (χ0) is 20.5. The first-order valence-corrected chi connectivity index (χ1v) is 11.2. The summed E-state index contributed by atoms with van der Waals surface area (Å²) in [5, 5.41) is 3.28. The van der Waals surface area contributed by atoms with Crippen molar-refractivity contribution < 1.29 is 4.79 Å². The Bertz CT molecular complexity index is 710. The lowest BCUT2D eigenvalue weighted by molar-refractivity contribution is -0.122. The predicted molar refractivity (Wildman–Crippen MR) is 118 cm³/mol. The van der Waals surface area contributed by atoms with Crippen LogP contribution in [0, 0.1) is 11.3 Å². The highest BCUT2D eigenvalue weighted by Gasteiger charge is 2.51. The zero-order valence-electron chi connectivity index (χ0n) is 18.9. The SMILES string of the molecule is CC(C)c1ccc2c(c1)CC[C@@H]1C2(C)CCC[C@@]1(C)CNC(=O)CCN(C)C. The van der Waals surface area contributed by atoms with Crippen LogP contribution in [0.2, 0.25) is 0 Å². The van der Waals surface area contributed by atoms with Crippen LogP contribution >= 0.6 is 0 Å². The Morgan fingerprint density at radius 2 is 2.00 bits per heavy atom. The fourth-order valence-corrected chi connectivity index (χ4v) is 5.93. The number of aryl methyl sites for hydroxylation is 1. The van der Waals surface area contributed by atoms with E-state index in [1.165, 1.54) is 37.7 Å². The molecule has 1 amide bonds. The second-order valence-corrected chi connectivity index (χ2v) is 10.4. The standard InChI is InChI=1S/C25H40N2O/c1-18(2)19-8-10-21-20(16-19)9-11-22-24(3,13-7-14-25(21,22)4)17-26-23(28)12-15-27(5)6/h8,10,16,18,22H,7,9,11-15,17H2,1-6H3,(H,26,28)/t22-,24-,25?/m0/s1. The van der Waals surface area contributed by atoms with Crippen LogP contribution in [-0.2, 0) is 16.6 Å². The number of hydrogen-bond acceptors (Lipinski definition) is 2. The fraction of sp³-hybridized carbons (Fsp3) is 0.720. The van der Waals surface area contributed by atoms with Crippen molar-refractivity contribution in [2.24, 2.45) is 11.3 Å². The van der Waals surface area contributed by atoms with E-state index in [4.69, 9.17) is 0 Å². The minimum atomic E-state index is 0.190. The first-order chi connectivity index (χ1) is 13.2. The molecule has 1 unspecified atom stereocenters. The first-order valence-electron chi connectivity index (χ1n) is 11.2. The van der Waals surface area contributed by atoms with Gasteiger partial charge in [0.2, 0.25) is 5.91 Å². The van der Waals surface area contributed by atoms with Crippen molar-refractivity contribution in [3.63, 3.8) is 0 Å². The van der Waals surface area contributed by atoms with Gasteiger partial charge in [0.1, 0.15) is 0 Å². The van der Waals surface area contributed by atoms with Crippen LogP contribution in [-0.4, -0.2) is 38.0 Å². The van der Waals surface area contributed by atoms with Crippen molar-refractivity contribution in [1.29, 1.82) is 0 Å². The molecule has 156 valence electrons. The number of hydrogen-bond donors (Lipinski definition) is 1. The number of carbonyl (C=O) groups is 1. The summed E-state index contributed by atoms with van der Waals surface area (Å²) in [7, 11) is 4.04. The van der Waals surface area contributed by atoms with Crippen LogP contribution in [0.5, 0.6) is 0 Å². The highest BCUT2D eigenvalue weighted by molar-refractivity contribution is 5.76. The van der Waals surface area contributed by atoms with Gasteiger partial charge in [0.05, 0.1) is 0 Å². The molecule has 1 aromatic carbocycles. The minimum absolute atomic E-state index is 0.190. The maximum atomic E-state index is 12.3. The lowest BCUT2D eigenvalue weighted by Crippen LogP contribution is -2.53. The monoisotopic (exact) mass is 384 g/mol. The van der Waals surface area contributed by atoms with Crippen molar-refractivity contribution in [2.45, 2.75) is 77.6 Å². The number of nitrogens with one attached hydrogen (secondary N) is 1. The number of nitrogens with zero attached hydrogens (tertiary/aromatic N) is 1. The molecule has 1 N–H and O–H groups in total. The number of rotatable bonds is 6. The fourth-order valence-electron chi connectivity index (χ4n) is 5.93. The Kier molecular flexibility index (Phi) is 6.24. The molecule has 0 spiro atoms. The maximum Gasteiger partial charge on any atom is 0.221 e. The molecule has 3 rings (SSSR count). The van der Waals surface area contributed by atoms with E-state index in [9.17, 15) is 4.79 Å². The number of carbonyl (C=O) groups excluding carboxylic acids is 1. The number of amides is 1. The number of benzene rings is 1. The molecular weight excluding hydrogens is 344 g/mol. The van der Waals surface area contributed by atoms with Gasteiger partial charge in [-0.1, -0.05) is 52.3 Å². The Balaban J connectivity index is 1.78. The van der Waals surface area contributed by atoms with Gasteiger partial charge in [-0.15, -0.1) is 0 Å². The molecule has 1 saturated carbocycles. The van der Waals surface area contributed by atoms with Crippen LogP contribution in [0.3, 0.4) is 0 Å². The van der Waals surface area contributed by atoms with E-state index in [0.717, 1.165) is 13.1 Å². The van der Waals surface area contributed by atoms with E-state index in [1.807, 2.05) is 14.1 Å². The maximum absolute atomic E-state index is 12.3. The van der Waals surface area contributed by atoms with Gasteiger partial charge in [-0.25, -0.2) is 0 Å². The lowest BCUT2D eigenvalue weighted by Gasteiger charge is -2.55. The largest absolute Gasteiger partial charge is 0.356 e. The molecule has 1 aromatic rings. The van der Waals surface area contributed by atoms with Gasteiger partial charge >= 0.3 is 0 Å². The third-order valence-electron chi connectivity index (χ3n) is 7.64. The van der Waals surface area contributed by atoms with Gasteiger partial charge in [0.25, 0.3) is 0 Å². The Hall–Kier alpha value is -1.35. The summed E-state index contributed by atoms with van der Waals surface area (Å²) in [5.74, 6) is 1.42. The summed E-state index contributed by atoms with van der Waals surface area (Å²) in [5.41, 5.74) is 5.05.